The number of rotatable bonds is 28. The molecule has 318 valence electrons. The number of hydrogen-bond acceptors (Lipinski definition) is 10. The molecule has 58 heavy (non-hydrogen) atoms. The largest absolute Gasteiger partial charge is 0.480 e. The van der Waals surface area contributed by atoms with Crippen molar-refractivity contribution in [3.05, 3.63) is 71.8 Å². The van der Waals surface area contributed by atoms with E-state index in [4.69, 9.17) is 5.73 Å². The summed E-state index contributed by atoms with van der Waals surface area (Å²) in [6.07, 6.45) is 4.16. The Morgan fingerprint density at radius 2 is 1.17 bits per heavy atom. The number of nitrogens with one attached hydrogen (secondary N) is 7. The van der Waals surface area contributed by atoms with E-state index in [1.54, 1.807) is 60.7 Å². The minimum absolute atomic E-state index is 0.0162. The second kappa shape index (κ2) is 27.2. The van der Waals surface area contributed by atoms with Gasteiger partial charge in [0.25, 0.3) is 0 Å². The van der Waals surface area contributed by atoms with Crippen LogP contribution in [0.4, 0.5) is 0 Å². The second-order valence-corrected chi connectivity index (χ2v) is 15.0. The lowest BCUT2D eigenvalue weighted by Gasteiger charge is -2.27. The summed E-state index contributed by atoms with van der Waals surface area (Å²) >= 11 is 1.50. The predicted molar refractivity (Wildman–Crippen MR) is 220 cm³/mol. The first kappa shape index (κ1) is 48.7. The number of thioether (sulfide) groups is 1. The Bertz CT molecular complexity index is 1630. The number of benzene rings is 2. The Labute approximate surface area is 343 Å². The Balaban J connectivity index is 2.24. The molecule has 0 bridgehead atoms. The molecule has 0 heterocycles. The molecule has 7 amide bonds. The number of carbonyl (C=O) groups is 8. The van der Waals surface area contributed by atoms with E-state index in [0.29, 0.717) is 49.1 Å². The van der Waals surface area contributed by atoms with E-state index in [-0.39, 0.29) is 31.6 Å². The van der Waals surface area contributed by atoms with E-state index in [1.165, 1.54) is 11.8 Å². The molecule has 5 atom stereocenters. The van der Waals surface area contributed by atoms with E-state index in [1.807, 2.05) is 20.1 Å². The molecular formula is C40H58N8O9S. The molecular weight excluding hydrogens is 769 g/mol. The van der Waals surface area contributed by atoms with Crippen LogP contribution in [0.1, 0.15) is 57.1 Å². The van der Waals surface area contributed by atoms with Crippen LogP contribution in [0.15, 0.2) is 60.7 Å². The van der Waals surface area contributed by atoms with Crippen LogP contribution in [-0.4, -0.2) is 115 Å². The maximum atomic E-state index is 14.1. The first-order chi connectivity index (χ1) is 27.8. The van der Waals surface area contributed by atoms with Crippen LogP contribution in [0.25, 0.3) is 0 Å². The van der Waals surface area contributed by atoms with E-state index in [0.717, 1.165) is 0 Å². The van der Waals surface area contributed by atoms with E-state index in [9.17, 15) is 43.5 Å². The molecule has 10 N–H and O–H groups in total. The van der Waals surface area contributed by atoms with Gasteiger partial charge in [-0.1, -0.05) is 74.5 Å². The van der Waals surface area contributed by atoms with Gasteiger partial charge in [0.15, 0.2) is 0 Å². The highest BCUT2D eigenvalue weighted by Crippen LogP contribution is 2.11. The van der Waals surface area contributed by atoms with Crippen molar-refractivity contribution >= 4 is 59.6 Å². The van der Waals surface area contributed by atoms with Crippen molar-refractivity contribution in [3.63, 3.8) is 0 Å². The Hall–Kier alpha value is -5.49. The van der Waals surface area contributed by atoms with Gasteiger partial charge in [0.05, 0.1) is 13.1 Å². The molecule has 0 radical (unpaired) electrons. The zero-order valence-electron chi connectivity index (χ0n) is 33.3. The van der Waals surface area contributed by atoms with Crippen molar-refractivity contribution in [2.75, 3.05) is 31.6 Å². The normalized spacial score (nSPS) is 13.4. The van der Waals surface area contributed by atoms with Crippen molar-refractivity contribution in [3.8, 4) is 0 Å². The summed E-state index contributed by atoms with van der Waals surface area (Å²) in [5.41, 5.74) is 6.84. The number of carboxylic acid groups (broad SMARTS) is 1. The average molecular weight is 827 g/mol. The molecule has 0 spiro atoms. The molecule has 0 aliphatic carbocycles. The monoisotopic (exact) mass is 826 g/mol. The zero-order valence-corrected chi connectivity index (χ0v) is 34.1. The zero-order chi connectivity index (χ0) is 42.9. The van der Waals surface area contributed by atoms with Crippen molar-refractivity contribution < 1.29 is 43.5 Å². The standard InChI is InChI=1S/C40H58N8O9S/c1-26(2)20-31(46-37(53)29(44-25-49)17-19-58-3)38(54)48-33(22-28-14-8-5-9-15-28)39(55)47-32(21-27-12-6-4-7-13-27)36(52)43-23-34(50)42-24-35(51)45-30(40(56)57)16-10-11-18-41/h4-9,12-15,25-26,29-33H,10-11,16-24,41H2,1-3H3,(H,42,50)(H,43,52)(H,44,49)(H,45,51)(H,46,53)(H,47,55)(H,48,54)(H,56,57)/t29-,30-,31-,32-,33-/m0/s1. The van der Waals surface area contributed by atoms with Gasteiger partial charge in [-0.3, -0.25) is 33.6 Å². The van der Waals surface area contributed by atoms with Gasteiger partial charge in [0, 0.05) is 12.8 Å². The SMILES string of the molecule is CSCC[C@H](NC=O)C(=O)N[C@@H](CC(C)C)C(=O)N[C@@H](Cc1ccccc1)C(=O)N[C@@H](Cc1ccccc1)C(=O)NCC(=O)NCC(=O)N[C@@H](CCCCN)C(=O)O. The predicted octanol–water partition coefficient (Wildman–Crippen LogP) is -0.229. The minimum atomic E-state index is -1.22. The lowest BCUT2D eigenvalue weighted by Crippen LogP contribution is -2.59. The fraction of sp³-hybridized carbons (Fsp3) is 0.500. The summed E-state index contributed by atoms with van der Waals surface area (Å²) in [6.45, 7) is 3.02. The molecule has 0 aliphatic rings. The van der Waals surface area contributed by atoms with E-state index >= 15 is 0 Å². The smallest absolute Gasteiger partial charge is 0.326 e. The Morgan fingerprint density at radius 1 is 0.655 bits per heavy atom. The average Bonchev–Trinajstić information content (AvgIpc) is 3.20. The lowest BCUT2D eigenvalue weighted by atomic mass is 10.00. The molecule has 0 unspecified atom stereocenters. The van der Waals surface area contributed by atoms with Crippen LogP contribution >= 0.6 is 11.8 Å². The number of carbonyl (C=O) groups excluding carboxylic acids is 7. The summed E-state index contributed by atoms with van der Waals surface area (Å²) in [5, 5.41) is 27.3. The number of unbranched alkanes of at least 4 members (excludes halogenated alkanes) is 1. The van der Waals surface area contributed by atoms with Crippen LogP contribution in [-0.2, 0) is 51.2 Å². The molecule has 0 saturated carbocycles. The molecule has 2 rings (SSSR count). The third-order valence-corrected chi connectivity index (χ3v) is 9.46. The van der Waals surface area contributed by atoms with E-state index in [2.05, 4.69) is 37.2 Å². The van der Waals surface area contributed by atoms with Crippen LogP contribution < -0.4 is 43.0 Å². The third kappa shape index (κ3) is 19.1. The Morgan fingerprint density at radius 3 is 1.69 bits per heavy atom. The number of carboxylic acids is 1. The molecule has 0 aliphatic heterocycles. The number of amides is 7. The maximum Gasteiger partial charge on any atom is 0.326 e. The van der Waals surface area contributed by atoms with Gasteiger partial charge in [-0.05, 0) is 67.7 Å². The molecule has 18 heteroatoms. The number of aliphatic carboxylic acids is 1. The number of hydrogen-bond donors (Lipinski definition) is 9. The second-order valence-electron chi connectivity index (χ2n) is 14.0. The molecule has 2 aromatic carbocycles. The topological polar surface area (TPSA) is 267 Å². The first-order valence-corrected chi connectivity index (χ1v) is 20.6. The minimum Gasteiger partial charge on any atom is -0.480 e. The molecule has 0 fully saturated rings. The maximum absolute atomic E-state index is 14.1. The fourth-order valence-corrected chi connectivity index (χ4v) is 6.24. The van der Waals surface area contributed by atoms with Gasteiger partial charge >= 0.3 is 5.97 Å². The van der Waals surface area contributed by atoms with Crippen LogP contribution in [0, 0.1) is 5.92 Å². The van der Waals surface area contributed by atoms with Crippen LogP contribution in [0.3, 0.4) is 0 Å². The van der Waals surface area contributed by atoms with E-state index < -0.39 is 84.7 Å². The number of nitrogens with two attached hydrogens (primary N) is 1. The molecule has 2 aromatic rings. The highest BCUT2D eigenvalue weighted by atomic mass is 32.2. The summed E-state index contributed by atoms with van der Waals surface area (Å²) in [4.78, 5) is 103. The highest BCUT2D eigenvalue weighted by molar-refractivity contribution is 7.98. The molecule has 0 aromatic heterocycles. The van der Waals surface area contributed by atoms with Gasteiger partial charge in [-0.15, -0.1) is 0 Å². The fourth-order valence-electron chi connectivity index (χ4n) is 5.77. The van der Waals surface area contributed by atoms with Gasteiger partial charge in [-0.2, -0.15) is 11.8 Å². The summed E-state index contributed by atoms with van der Waals surface area (Å²) in [6, 6.07) is 12.2. The van der Waals surface area contributed by atoms with Gasteiger partial charge in [0.1, 0.15) is 30.2 Å². The van der Waals surface area contributed by atoms with Gasteiger partial charge in [0.2, 0.25) is 41.9 Å². The molecule has 0 saturated heterocycles. The van der Waals surface area contributed by atoms with Crippen LogP contribution in [0.5, 0.6) is 0 Å². The molecule has 17 nitrogen and oxygen atoms in total. The quantitative estimate of drug-likeness (QED) is 0.0400. The van der Waals surface area contributed by atoms with Crippen molar-refractivity contribution in [1.29, 1.82) is 0 Å². The van der Waals surface area contributed by atoms with Crippen molar-refractivity contribution in [1.82, 2.24) is 37.2 Å². The third-order valence-electron chi connectivity index (χ3n) is 8.82. The van der Waals surface area contributed by atoms with Gasteiger partial charge < -0.3 is 48.1 Å². The summed E-state index contributed by atoms with van der Waals surface area (Å²) in [7, 11) is 0. The van der Waals surface area contributed by atoms with Gasteiger partial charge in [-0.25, -0.2) is 4.79 Å². The lowest BCUT2D eigenvalue weighted by molar-refractivity contribution is -0.142. The first-order valence-electron chi connectivity index (χ1n) is 19.2. The summed E-state index contributed by atoms with van der Waals surface area (Å²) in [5.74, 6) is -4.76. The summed E-state index contributed by atoms with van der Waals surface area (Å²) < 4.78 is 0. The van der Waals surface area contributed by atoms with Crippen molar-refractivity contribution in [2.24, 2.45) is 11.7 Å². The Kier molecular flexibility index (Phi) is 22.8. The highest BCUT2D eigenvalue weighted by Gasteiger charge is 2.32. The van der Waals surface area contributed by atoms with Crippen LogP contribution in [0.2, 0.25) is 0 Å². The van der Waals surface area contributed by atoms with Crippen molar-refractivity contribution in [2.45, 2.75) is 89.0 Å².